The molecular weight excluding hydrogens is 157 g/mol. The normalized spacial score (nSPS) is 38.5. The molecule has 2 atom stereocenters. The molecular formula is C7H11F3O. The van der Waals surface area contributed by atoms with Gasteiger partial charge >= 0.3 is 6.18 Å². The Bertz CT molecular complexity index is 152. The zero-order valence-electron chi connectivity index (χ0n) is 6.28. The Kier molecular flexibility index (Phi) is 1.90. The Morgan fingerprint density at radius 2 is 2.09 bits per heavy atom. The van der Waals surface area contributed by atoms with Crippen LogP contribution in [-0.2, 0) is 0 Å². The van der Waals surface area contributed by atoms with Gasteiger partial charge in [-0.2, -0.15) is 13.2 Å². The van der Waals surface area contributed by atoms with E-state index in [1.165, 1.54) is 0 Å². The first-order chi connectivity index (χ1) is 4.92. The summed E-state index contributed by atoms with van der Waals surface area (Å²) in [4.78, 5) is 0. The SMILES string of the molecule is CC[C@@H]1CC[C@]1(O)C(F)(F)F. The van der Waals surface area contributed by atoms with Crippen LogP contribution < -0.4 is 0 Å². The van der Waals surface area contributed by atoms with Crippen molar-refractivity contribution in [1.29, 1.82) is 0 Å². The summed E-state index contributed by atoms with van der Waals surface area (Å²) >= 11 is 0. The maximum atomic E-state index is 12.1. The molecule has 0 unspecified atom stereocenters. The topological polar surface area (TPSA) is 20.2 Å². The summed E-state index contributed by atoms with van der Waals surface area (Å²) in [6, 6.07) is 0. The molecule has 0 bridgehead atoms. The monoisotopic (exact) mass is 168 g/mol. The third-order valence-corrected chi connectivity index (χ3v) is 2.53. The largest absolute Gasteiger partial charge is 0.417 e. The van der Waals surface area contributed by atoms with E-state index in [4.69, 9.17) is 5.11 Å². The van der Waals surface area contributed by atoms with Gasteiger partial charge in [0.05, 0.1) is 0 Å². The van der Waals surface area contributed by atoms with Crippen LogP contribution in [0.15, 0.2) is 0 Å². The minimum absolute atomic E-state index is 0.130. The summed E-state index contributed by atoms with van der Waals surface area (Å²) in [5.41, 5.74) is -2.37. The summed E-state index contributed by atoms with van der Waals surface area (Å²) in [5, 5.41) is 9.08. The number of hydrogen-bond acceptors (Lipinski definition) is 1. The van der Waals surface area contributed by atoms with Gasteiger partial charge in [0, 0.05) is 0 Å². The minimum atomic E-state index is -4.44. The third-order valence-electron chi connectivity index (χ3n) is 2.53. The van der Waals surface area contributed by atoms with Gasteiger partial charge in [-0.1, -0.05) is 13.3 Å². The first-order valence-electron chi connectivity index (χ1n) is 3.71. The first-order valence-corrected chi connectivity index (χ1v) is 3.71. The van der Waals surface area contributed by atoms with Gasteiger partial charge in [-0.25, -0.2) is 0 Å². The molecule has 0 aromatic heterocycles. The molecule has 0 saturated heterocycles. The molecule has 0 aromatic carbocycles. The van der Waals surface area contributed by atoms with Crippen molar-refractivity contribution in [3.8, 4) is 0 Å². The second-order valence-corrected chi connectivity index (χ2v) is 3.07. The van der Waals surface area contributed by atoms with Crippen molar-refractivity contribution in [2.24, 2.45) is 5.92 Å². The standard InChI is InChI=1S/C7H11F3O/c1-2-5-3-4-6(5,11)7(8,9)10/h5,11H,2-4H2,1H3/t5-,6-/m1/s1. The summed E-state index contributed by atoms with van der Waals surface area (Å²) < 4.78 is 36.2. The van der Waals surface area contributed by atoms with Crippen LogP contribution in [0, 0.1) is 5.92 Å². The predicted molar refractivity (Wildman–Crippen MR) is 34.0 cm³/mol. The van der Waals surface area contributed by atoms with E-state index in [0.29, 0.717) is 12.8 Å². The first kappa shape index (κ1) is 8.84. The highest BCUT2D eigenvalue weighted by Gasteiger charge is 2.62. The minimum Gasteiger partial charge on any atom is -0.380 e. The highest BCUT2D eigenvalue weighted by Crippen LogP contribution is 2.50. The lowest BCUT2D eigenvalue weighted by atomic mass is 9.67. The average Bonchev–Trinajstić information content (AvgIpc) is 1.83. The van der Waals surface area contributed by atoms with E-state index >= 15 is 0 Å². The molecule has 1 saturated carbocycles. The maximum absolute atomic E-state index is 12.1. The van der Waals surface area contributed by atoms with Crippen molar-refractivity contribution in [3.05, 3.63) is 0 Å². The van der Waals surface area contributed by atoms with Crippen LogP contribution in [0.2, 0.25) is 0 Å². The van der Waals surface area contributed by atoms with Crippen molar-refractivity contribution in [3.63, 3.8) is 0 Å². The van der Waals surface area contributed by atoms with Crippen molar-refractivity contribution in [2.45, 2.75) is 38.0 Å². The van der Waals surface area contributed by atoms with E-state index in [1.54, 1.807) is 6.92 Å². The molecule has 1 N–H and O–H groups in total. The van der Waals surface area contributed by atoms with Crippen molar-refractivity contribution in [2.75, 3.05) is 0 Å². The summed E-state index contributed by atoms with van der Waals surface area (Å²) in [7, 11) is 0. The van der Waals surface area contributed by atoms with E-state index in [0.717, 1.165) is 0 Å². The molecule has 66 valence electrons. The molecule has 4 heteroatoms. The van der Waals surface area contributed by atoms with Crippen LogP contribution >= 0.6 is 0 Å². The van der Waals surface area contributed by atoms with Gasteiger partial charge in [0.25, 0.3) is 0 Å². The van der Waals surface area contributed by atoms with Gasteiger partial charge in [0.1, 0.15) is 0 Å². The van der Waals surface area contributed by atoms with Crippen molar-refractivity contribution >= 4 is 0 Å². The van der Waals surface area contributed by atoms with Gasteiger partial charge in [-0.15, -0.1) is 0 Å². The average molecular weight is 168 g/mol. The van der Waals surface area contributed by atoms with Gasteiger partial charge in [-0.3, -0.25) is 0 Å². The fourth-order valence-electron chi connectivity index (χ4n) is 1.54. The Morgan fingerprint density at radius 1 is 1.55 bits per heavy atom. The third kappa shape index (κ3) is 1.13. The second-order valence-electron chi connectivity index (χ2n) is 3.07. The molecule has 1 nitrogen and oxygen atoms in total. The van der Waals surface area contributed by atoms with Crippen molar-refractivity contribution < 1.29 is 18.3 Å². The fourth-order valence-corrected chi connectivity index (χ4v) is 1.54. The zero-order chi connectivity index (χ0) is 8.70. The van der Waals surface area contributed by atoms with Crippen LogP contribution in [0.1, 0.15) is 26.2 Å². The van der Waals surface area contributed by atoms with Crippen LogP contribution in [0.5, 0.6) is 0 Å². The molecule has 1 aliphatic rings. The van der Waals surface area contributed by atoms with Crippen LogP contribution in [0.25, 0.3) is 0 Å². The Labute approximate surface area is 63.2 Å². The Balaban J connectivity index is 2.68. The molecule has 0 aromatic rings. The van der Waals surface area contributed by atoms with Crippen LogP contribution in [0.4, 0.5) is 13.2 Å². The van der Waals surface area contributed by atoms with E-state index in [9.17, 15) is 13.2 Å². The summed E-state index contributed by atoms with van der Waals surface area (Å²) in [6.07, 6.45) is -3.68. The highest BCUT2D eigenvalue weighted by molar-refractivity contribution is 5.00. The lowest BCUT2D eigenvalue weighted by Gasteiger charge is -2.45. The highest BCUT2D eigenvalue weighted by atomic mass is 19.4. The Morgan fingerprint density at radius 3 is 2.18 bits per heavy atom. The van der Waals surface area contributed by atoms with E-state index in [2.05, 4.69) is 0 Å². The van der Waals surface area contributed by atoms with Crippen molar-refractivity contribution in [1.82, 2.24) is 0 Å². The molecule has 0 radical (unpaired) electrons. The lowest BCUT2D eigenvalue weighted by Crippen LogP contribution is -2.57. The molecule has 0 heterocycles. The molecule has 1 rings (SSSR count). The number of halogens is 3. The smallest absolute Gasteiger partial charge is 0.380 e. The van der Waals surface area contributed by atoms with Gasteiger partial charge in [0.2, 0.25) is 0 Å². The second kappa shape index (κ2) is 2.37. The van der Waals surface area contributed by atoms with Gasteiger partial charge < -0.3 is 5.11 Å². The maximum Gasteiger partial charge on any atom is 0.417 e. The molecule has 11 heavy (non-hydrogen) atoms. The number of rotatable bonds is 1. The van der Waals surface area contributed by atoms with Gasteiger partial charge in [-0.05, 0) is 18.8 Å². The molecule has 0 amide bonds. The molecule has 0 aliphatic heterocycles. The van der Waals surface area contributed by atoms with E-state index < -0.39 is 17.7 Å². The molecule has 1 aliphatic carbocycles. The Hall–Kier alpha value is -0.250. The lowest BCUT2D eigenvalue weighted by molar-refractivity contribution is -0.310. The van der Waals surface area contributed by atoms with Crippen LogP contribution in [-0.4, -0.2) is 16.9 Å². The number of alkyl halides is 3. The fraction of sp³-hybridized carbons (Fsp3) is 1.00. The number of hydrogen-bond donors (Lipinski definition) is 1. The van der Waals surface area contributed by atoms with E-state index in [-0.39, 0.29) is 6.42 Å². The summed E-state index contributed by atoms with van der Waals surface area (Å²) in [6.45, 7) is 1.67. The number of aliphatic hydroxyl groups is 1. The van der Waals surface area contributed by atoms with E-state index in [1.807, 2.05) is 0 Å². The molecule has 0 spiro atoms. The van der Waals surface area contributed by atoms with Gasteiger partial charge in [0.15, 0.2) is 5.60 Å². The summed E-state index contributed by atoms with van der Waals surface area (Å²) in [5.74, 6) is -0.581. The predicted octanol–water partition coefficient (Wildman–Crippen LogP) is 2.10. The molecule has 1 fully saturated rings. The zero-order valence-corrected chi connectivity index (χ0v) is 6.28. The quantitative estimate of drug-likeness (QED) is 0.635. The van der Waals surface area contributed by atoms with Crippen LogP contribution in [0.3, 0.4) is 0 Å².